The fraction of sp³-hybridized carbons (Fsp3) is 0.222. The van der Waals surface area contributed by atoms with E-state index >= 15 is 0 Å². The lowest BCUT2D eigenvalue weighted by atomic mass is 9.96. The van der Waals surface area contributed by atoms with Crippen LogP contribution in [0.25, 0.3) is 11.1 Å². The van der Waals surface area contributed by atoms with Crippen LogP contribution in [0.3, 0.4) is 0 Å². The molecule has 0 radical (unpaired) electrons. The molecule has 1 aliphatic rings. The van der Waals surface area contributed by atoms with E-state index in [1.165, 1.54) is 6.42 Å². The molecule has 1 fully saturated rings. The van der Waals surface area contributed by atoms with Gasteiger partial charge >= 0.3 is 5.76 Å². The number of para-hydroxylation sites is 1. The van der Waals surface area contributed by atoms with Crippen LogP contribution in [0, 0.1) is 0 Å². The first-order valence-electron chi connectivity index (χ1n) is 7.89. The topological polar surface area (TPSA) is 84.3 Å². The van der Waals surface area contributed by atoms with Crippen molar-refractivity contribution in [3.8, 4) is 5.75 Å². The van der Waals surface area contributed by atoms with Crippen LogP contribution in [0.2, 0.25) is 0 Å². The minimum absolute atomic E-state index is 0.200. The molecule has 6 nitrogen and oxygen atoms in total. The van der Waals surface area contributed by atoms with Crippen LogP contribution < -0.4 is 15.8 Å². The SMILES string of the molecule is O=C(Nc1ccc2oc(=O)[nH]c2c1)c1ccccc1OC1CCC1. The Hall–Kier alpha value is -3.02. The highest BCUT2D eigenvalue weighted by atomic mass is 16.5. The normalized spacial score (nSPS) is 14.3. The Morgan fingerprint density at radius 3 is 2.83 bits per heavy atom. The van der Waals surface area contributed by atoms with Crippen LogP contribution in [-0.2, 0) is 0 Å². The van der Waals surface area contributed by atoms with Gasteiger partial charge in [0.15, 0.2) is 5.58 Å². The average Bonchev–Trinajstić information content (AvgIpc) is 2.90. The van der Waals surface area contributed by atoms with Crippen LogP contribution in [0.15, 0.2) is 51.7 Å². The summed E-state index contributed by atoms with van der Waals surface area (Å²) < 4.78 is 10.8. The molecule has 3 aromatic rings. The fourth-order valence-electron chi connectivity index (χ4n) is 2.65. The third-order valence-corrected chi connectivity index (χ3v) is 4.15. The molecule has 2 aromatic carbocycles. The van der Waals surface area contributed by atoms with E-state index in [1.807, 2.05) is 12.1 Å². The number of H-pyrrole nitrogens is 1. The third kappa shape index (κ3) is 2.78. The molecule has 2 N–H and O–H groups in total. The molecule has 0 atom stereocenters. The number of amides is 1. The third-order valence-electron chi connectivity index (χ3n) is 4.15. The van der Waals surface area contributed by atoms with Crippen molar-refractivity contribution in [1.29, 1.82) is 0 Å². The second kappa shape index (κ2) is 5.88. The van der Waals surface area contributed by atoms with Gasteiger partial charge in [0, 0.05) is 5.69 Å². The Bertz CT molecular complexity index is 953. The van der Waals surface area contributed by atoms with Crippen molar-refractivity contribution in [2.45, 2.75) is 25.4 Å². The largest absolute Gasteiger partial charge is 0.490 e. The standard InChI is InChI=1S/C18H16N2O4/c21-17(13-6-1-2-7-15(13)23-12-4-3-5-12)19-11-8-9-16-14(10-11)20-18(22)24-16/h1-2,6-10,12H,3-5H2,(H,19,21)(H,20,22). The molecule has 0 aliphatic heterocycles. The summed E-state index contributed by atoms with van der Waals surface area (Å²) in [7, 11) is 0. The molecular formula is C18H16N2O4. The Labute approximate surface area is 137 Å². The first kappa shape index (κ1) is 14.6. The molecule has 0 saturated heterocycles. The summed E-state index contributed by atoms with van der Waals surface area (Å²) in [5.41, 5.74) is 2.05. The zero-order valence-corrected chi connectivity index (χ0v) is 12.9. The lowest BCUT2D eigenvalue weighted by Crippen LogP contribution is -2.26. The molecule has 6 heteroatoms. The number of rotatable bonds is 4. The van der Waals surface area contributed by atoms with E-state index in [1.54, 1.807) is 30.3 Å². The van der Waals surface area contributed by atoms with Gasteiger partial charge in [-0.3, -0.25) is 9.78 Å². The van der Waals surface area contributed by atoms with Crippen molar-refractivity contribution in [1.82, 2.24) is 4.98 Å². The fourth-order valence-corrected chi connectivity index (χ4v) is 2.65. The second-order valence-corrected chi connectivity index (χ2v) is 5.85. The number of ether oxygens (including phenoxy) is 1. The van der Waals surface area contributed by atoms with Gasteiger partial charge in [-0.2, -0.15) is 0 Å². The maximum absolute atomic E-state index is 12.6. The van der Waals surface area contributed by atoms with Crippen molar-refractivity contribution >= 4 is 22.7 Å². The van der Waals surface area contributed by atoms with Gasteiger partial charge in [0.25, 0.3) is 5.91 Å². The summed E-state index contributed by atoms with van der Waals surface area (Å²) in [4.78, 5) is 26.3. The van der Waals surface area contributed by atoms with Crippen molar-refractivity contribution < 1.29 is 13.9 Å². The van der Waals surface area contributed by atoms with Gasteiger partial charge in [-0.15, -0.1) is 0 Å². The number of aromatic nitrogens is 1. The Morgan fingerprint density at radius 1 is 1.21 bits per heavy atom. The van der Waals surface area contributed by atoms with Crippen LogP contribution in [0.4, 0.5) is 5.69 Å². The van der Waals surface area contributed by atoms with Crippen molar-refractivity contribution in [3.63, 3.8) is 0 Å². The van der Waals surface area contributed by atoms with E-state index in [4.69, 9.17) is 9.15 Å². The van der Waals surface area contributed by atoms with E-state index in [0.717, 1.165) is 12.8 Å². The van der Waals surface area contributed by atoms with Crippen LogP contribution >= 0.6 is 0 Å². The summed E-state index contributed by atoms with van der Waals surface area (Å²) in [5.74, 6) is -0.180. The summed E-state index contributed by atoms with van der Waals surface area (Å²) >= 11 is 0. The number of hydrogen-bond acceptors (Lipinski definition) is 4. The molecule has 122 valence electrons. The van der Waals surface area contributed by atoms with Gasteiger partial charge < -0.3 is 14.5 Å². The monoisotopic (exact) mass is 324 g/mol. The average molecular weight is 324 g/mol. The first-order valence-corrected chi connectivity index (χ1v) is 7.89. The Kier molecular flexibility index (Phi) is 3.57. The zero-order chi connectivity index (χ0) is 16.5. The molecule has 1 heterocycles. The smallest absolute Gasteiger partial charge is 0.417 e. The molecule has 0 unspecified atom stereocenters. The summed E-state index contributed by atoms with van der Waals surface area (Å²) in [6, 6.07) is 12.2. The molecule has 0 bridgehead atoms. The van der Waals surface area contributed by atoms with Gasteiger partial charge in [0.2, 0.25) is 0 Å². The van der Waals surface area contributed by atoms with Crippen LogP contribution in [0.5, 0.6) is 5.75 Å². The number of carbonyl (C=O) groups excluding carboxylic acids is 1. The lowest BCUT2D eigenvalue weighted by molar-refractivity contribution is 0.0992. The van der Waals surface area contributed by atoms with Crippen LogP contribution in [-0.4, -0.2) is 17.0 Å². The molecule has 1 amide bonds. The van der Waals surface area contributed by atoms with Crippen molar-refractivity contribution in [2.75, 3.05) is 5.32 Å². The predicted molar refractivity (Wildman–Crippen MR) is 89.5 cm³/mol. The van der Waals surface area contributed by atoms with E-state index < -0.39 is 5.76 Å². The maximum Gasteiger partial charge on any atom is 0.417 e. The maximum atomic E-state index is 12.6. The molecular weight excluding hydrogens is 308 g/mol. The van der Waals surface area contributed by atoms with E-state index in [9.17, 15) is 9.59 Å². The molecule has 0 spiro atoms. The summed E-state index contributed by atoms with van der Waals surface area (Å²) in [5, 5.41) is 2.83. The Morgan fingerprint density at radius 2 is 2.04 bits per heavy atom. The highest BCUT2D eigenvalue weighted by molar-refractivity contribution is 6.06. The molecule has 1 aliphatic carbocycles. The Balaban J connectivity index is 1.57. The molecule has 24 heavy (non-hydrogen) atoms. The quantitative estimate of drug-likeness (QED) is 0.771. The van der Waals surface area contributed by atoms with Gasteiger partial charge in [0.05, 0.1) is 17.2 Å². The van der Waals surface area contributed by atoms with Gasteiger partial charge in [-0.05, 0) is 49.6 Å². The van der Waals surface area contributed by atoms with Gasteiger partial charge in [-0.25, -0.2) is 4.79 Å². The van der Waals surface area contributed by atoms with E-state index in [0.29, 0.717) is 28.1 Å². The predicted octanol–water partition coefficient (Wildman–Crippen LogP) is 3.30. The highest BCUT2D eigenvalue weighted by Crippen LogP contribution is 2.28. The summed E-state index contributed by atoms with van der Waals surface area (Å²) in [6.45, 7) is 0. The first-order chi connectivity index (χ1) is 11.7. The second-order valence-electron chi connectivity index (χ2n) is 5.85. The van der Waals surface area contributed by atoms with Gasteiger partial charge in [-0.1, -0.05) is 12.1 Å². The van der Waals surface area contributed by atoms with Gasteiger partial charge in [0.1, 0.15) is 5.75 Å². The minimum Gasteiger partial charge on any atom is -0.490 e. The number of anilines is 1. The number of benzene rings is 2. The molecule has 1 aromatic heterocycles. The zero-order valence-electron chi connectivity index (χ0n) is 12.9. The summed E-state index contributed by atoms with van der Waals surface area (Å²) in [6.07, 6.45) is 3.43. The number of fused-ring (bicyclic) bond motifs is 1. The number of nitrogens with one attached hydrogen (secondary N) is 2. The highest BCUT2D eigenvalue weighted by Gasteiger charge is 2.22. The minimum atomic E-state index is -0.521. The number of hydrogen-bond donors (Lipinski definition) is 2. The number of oxazole rings is 1. The molecule has 4 rings (SSSR count). The van der Waals surface area contributed by atoms with E-state index in [2.05, 4.69) is 10.3 Å². The van der Waals surface area contributed by atoms with Crippen molar-refractivity contribution in [3.05, 3.63) is 58.6 Å². The number of aromatic amines is 1. The van der Waals surface area contributed by atoms with E-state index in [-0.39, 0.29) is 12.0 Å². The van der Waals surface area contributed by atoms with Crippen LogP contribution in [0.1, 0.15) is 29.6 Å². The number of carbonyl (C=O) groups is 1. The molecule has 1 saturated carbocycles. The van der Waals surface area contributed by atoms with Crippen molar-refractivity contribution in [2.24, 2.45) is 0 Å². The lowest BCUT2D eigenvalue weighted by Gasteiger charge is -2.27.